The number of carbonyl (C=O) groups excluding carboxylic acids is 1. The molecule has 2 aromatic rings. The molecule has 1 aromatic carbocycles. The van der Waals surface area contributed by atoms with Gasteiger partial charge in [-0.1, -0.05) is 6.07 Å². The lowest BCUT2D eigenvalue weighted by molar-refractivity contribution is -0.136. The van der Waals surface area contributed by atoms with Gasteiger partial charge in [0.2, 0.25) is 0 Å². The number of alkyl halides is 3. The molecule has 0 atom stereocenters. The van der Waals surface area contributed by atoms with Crippen LogP contribution in [0.4, 0.5) is 18.9 Å². The Morgan fingerprint density at radius 3 is 2.57 bits per heavy atom. The van der Waals surface area contributed by atoms with E-state index >= 15 is 0 Å². The van der Waals surface area contributed by atoms with Crippen molar-refractivity contribution in [1.82, 2.24) is 5.32 Å². The number of aryl methyl sites for hydroxylation is 1. The monoisotopic (exact) mass is 298 g/mol. The number of anilines is 1. The zero-order valence-corrected chi connectivity index (χ0v) is 11.1. The fourth-order valence-corrected chi connectivity index (χ4v) is 1.85. The topological polar surface area (TPSA) is 68.3 Å². The molecule has 0 aliphatic rings. The minimum absolute atomic E-state index is 0.0718. The molecular formula is C14H13F3N2O2. The molecule has 112 valence electrons. The van der Waals surface area contributed by atoms with E-state index in [0.717, 1.165) is 12.1 Å². The summed E-state index contributed by atoms with van der Waals surface area (Å²) in [5, 5.41) is 2.47. The second-order valence-electron chi connectivity index (χ2n) is 4.46. The molecule has 1 aromatic heterocycles. The Morgan fingerprint density at radius 1 is 1.29 bits per heavy atom. The van der Waals surface area contributed by atoms with Crippen molar-refractivity contribution in [3.8, 4) is 0 Å². The number of hydrogen-bond donors (Lipinski definition) is 2. The van der Waals surface area contributed by atoms with Crippen molar-refractivity contribution in [2.24, 2.45) is 0 Å². The van der Waals surface area contributed by atoms with E-state index in [-0.39, 0.29) is 12.1 Å². The highest BCUT2D eigenvalue weighted by Gasteiger charge is 2.34. The first kappa shape index (κ1) is 15.0. The van der Waals surface area contributed by atoms with Crippen molar-refractivity contribution in [1.29, 1.82) is 0 Å². The second kappa shape index (κ2) is 5.51. The van der Waals surface area contributed by atoms with Crippen LogP contribution in [-0.2, 0) is 12.7 Å². The molecule has 0 aliphatic heterocycles. The van der Waals surface area contributed by atoms with E-state index in [9.17, 15) is 18.0 Å². The van der Waals surface area contributed by atoms with Crippen LogP contribution in [0.15, 0.2) is 34.7 Å². The maximum atomic E-state index is 12.7. The van der Waals surface area contributed by atoms with Gasteiger partial charge in [0.05, 0.1) is 23.4 Å². The maximum Gasteiger partial charge on any atom is 0.418 e. The third-order valence-electron chi connectivity index (χ3n) is 2.88. The van der Waals surface area contributed by atoms with E-state index < -0.39 is 23.3 Å². The minimum Gasteiger partial charge on any atom is -0.465 e. The molecule has 0 saturated carbocycles. The van der Waals surface area contributed by atoms with Crippen LogP contribution in [-0.4, -0.2) is 5.91 Å². The summed E-state index contributed by atoms with van der Waals surface area (Å²) < 4.78 is 43.4. The fourth-order valence-electron chi connectivity index (χ4n) is 1.85. The van der Waals surface area contributed by atoms with Crippen LogP contribution in [0.3, 0.4) is 0 Å². The fraction of sp³-hybridized carbons (Fsp3) is 0.214. The number of carbonyl (C=O) groups is 1. The van der Waals surface area contributed by atoms with Gasteiger partial charge in [-0.3, -0.25) is 4.79 Å². The lowest BCUT2D eigenvalue weighted by atomic mass is 10.1. The molecule has 0 saturated heterocycles. The molecule has 1 amide bonds. The molecule has 0 fully saturated rings. The Kier molecular flexibility index (Phi) is 3.93. The average Bonchev–Trinajstić information content (AvgIpc) is 2.80. The van der Waals surface area contributed by atoms with Crippen LogP contribution in [0, 0.1) is 6.92 Å². The van der Waals surface area contributed by atoms with Crippen LogP contribution < -0.4 is 11.1 Å². The molecule has 0 radical (unpaired) electrons. The normalized spacial score (nSPS) is 11.4. The van der Waals surface area contributed by atoms with Crippen LogP contribution in [0.5, 0.6) is 0 Å². The standard InChI is InChI=1S/C14H13F3N2O2/c1-8-5-6-9(21-8)7-19-13(20)10-3-2-4-11(12(10)18)14(15,16)17/h2-6H,7,18H2,1H3,(H,19,20). The molecule has 21 heavy (non-hydrogen) atoms. The van der Waals surface area contributed by atoms with E-state index in [1.165, 1.54) is 6.07 Å². The first-order valence-corrected chi connectivity index (χ1v) is 6.08. The predicted molar refractivity (Wildman–Crippen MR) is 70.5 cm³/mol. The summed E-state index contributed by atoms with van der Waals surface area (Å²) in [5.74, 6) is 0.497. The van der Waals surface area contributed by atoms with Gasteiger partial charge in [-0.2, -0.15) is 13.2 Å². The molecule has 1 heterocycles. The second-order valence-corrected chi connectivity index (χ2v) is 4.46. The van der Waals surface area contributed by atoms with Gasteiger partial charge < -0.3 is 15.5 Å². The first-order valence-electron chi connectivity index (χ1n) is 6.08. The van der Waals surface area contributed by atoms with E-state index in [1.54, 1.807) is 19.1 Å². The number of hydrogen-bond acceptors (Lipinski definition) is 3. The number of rotatable bonds is 3. The van der Waals surface area contributed by atoms with Crippen LogP contribution in [0.2, 0.25) is 0 Å². The number of para-hydroxylation sites is 1. The number of halogens is 3. The van der Waals surface area contributed by atoms with Crippen LogP contribution >= 0.6 is 0 Å². The number of nitrogens with two attached hydrogens (primary N) is 1. The van der Waals surface area contributed by atoms with Gasteiger partial charge >= 0.3 is 6.18 Å². The quantitative estimate of drug-likeness (QED) is 0.855. The predicted octanol–water partition coefficient (Wildman–Crippen LogP) is 3.12. The van der Waals surface area contributed by atoms with Gasteiger partial charge in [0.1, 0.15) is 11.5 Å². The van der Waals surface area contributed by atoms with Crippen molar-refractivity contribution in [2.45, 2.75) is 19.6 Å². The van der Waals surface area contributed by atoms with Gasteiger partial charge in [-0.15, -0.1) is 0 Å². The van der Waals surface area contributed by atoms with Crippen molar-refractivity contribution < 1.29 is 22.4 Å². The molecular weight excluding hydrogens is 285 g/mol. The Hall–Kier alpha value is -2.44. The van der Waals surface area contributed by atoms with Crippen molar-refractivity contribution >= 4 is 11.6 Å². The SMILES string of the molecule is Cc1ccc(CNC(=O)c2cccc(C(F)(F)F)c2N)o1. The smallest absolute Gasteiger partial charge is 0.418 e. The largest absolute Gasteiger partial charge is 0.465 e. The van der Waals surface area contributed by atoms with Gasteiger partial charge in [-0.25, -0.2) is 0 Å². The summed E-state index contributed by atoms with van der Waals surface area (Å²) in [4.78, 5) is 11.9. The third kappa shape index (κ3) is 3.36. The molecule has 0 unspecified atom stereocenters. The molecule has 0 aliphatic carbocycles. The Bertz CT molecular complexity index is 662. The number of furan rings is 1. The Balaban J connectivity index is 2.16. The minimum atomic E-state index is -4.60. The summed E-state index contributed by atoms with van der Waals surface area (Å²) >= 11 is 0. The third-order valence-corrected chi connectivity index (χ3v) is 2.88. The van der Waals surface area contributed by atoms with Crippen molar-refractivity contribution in [3.05, 3.63) is 53.0 Å². The highest BCUT2D eigenvalue weighted by molar-refractivity contribution is 5.99. The van der Waals surface area contributed by atoms with Gasteiger partial charge in [-0.05, 0) is 31.2 Å². The van der Waals surface area contributed by atoms with Gasteiger partial charge in [0, 0.05) is 0 Å². The molecule has 4 nitrogen and oxygen atoms in total. The van der Waals surface area contributed by atoms with E-state index in [4.69, 9.17) is 10.2 Å². The Labute approximate surface area is 118 Å². The lowest BCUT2D eigenvalue weighted by Gasteiger charge is -2.13. The first-order chi connectivity index (χ1) is 9.79. The molecule has 7 heteroatoms. The van der Waals surface area contributed by atoms with E-state index in [0.29, 0.717) is 11.5 Å². The summed E-state index contributed by atoms with van der Waals surface area (Å²) in [7, 11) is 0. The summed E-state index contributed by atoms with van der Waals surface area (Å²) in [6, 6.07) is 6.62. The summed E-state index contributed by atoms with van der Waals surface area (Å²) in [6.07, 6.45) is -4.60. The van der Waals surface area contributed by atoms with Gasteiger partial charge in [0.15, 0.2) is 0 Å². The van der Waals surface area contributed by atoms with E-state index in [2.05, 4.69) is 5.32 Å². The van der Waals surface area contributed by atoms with E-state index in [1.807, 2.05) is 0 Å². The highest BCUT2D eigenvalue weighted by atomic mass is 19.4. The maximum absolute atomic E-state index is 12.7. The van der Waals surface area contributed by atoms with Crippen LogP contribution in [0.1, 0.15) is 27.4 Å². The average molecular weight is 298 g/mol. The molecule has 0 spiro atoms. The highest BCUT2D eigenvalue weighted by Crippen LogP contribution is 2.34. The summed E-state index contributed by atoms with van der Waals surface area (Å²) in [5.41, 5.74) is 3.62. The zero-order valence-electron chi connectivity index (χ0n) is 11.1. The zero-order chi connectivity index (χ0) is 15.6. The number of amides is 1. The van der Waals surface area contributed by atoms with Gasteiger partial charge in [0.25, 0.3) is 5.91 Å². The van der Waals surface area contributed by atoms with Crippen LogP contribution in [0.25, 0.3) is 0 Å². The summed E-state index contributed by atoms with van der Waals surface area (Å²) in [6.45, 7) is 1.82. The number of benzene rings is 1. The molecule has 2 rings (SSSR count). The lowest BCUT2D eigenvalue weighted by Crippen LogP contribution is -2.24. The molecule has 0 bridgehead atoms. The number of nitrogens with one attached hydrogen (secondary N) is 1. The van der Waals surface area contributed by atoms with Crippen molar-refractivity contribution in [3.63, 3.8) is 0 Å². The Morgan fingerprint density at radius 2 is 2.00 bits per heavy atom. The molecule has 3 N–H and O–H groups in total. The number of nitrogen functional groups attached to an aromatic ring is 1. The van der Waals surface area contributed by atoms with Crippen molar-refractivity contribution in [2.75, 3.05) is 5.73 Å².